The van der Waals surface area contributed by atoms with E-state index in [0.29, 0.717) is 6.61 Å². The fourth-order valence-electron chi connectivity index (χ4n) is 2.62. The largest absolute Gasteiger partial charge is 0.492 e. The zero-order chi connectivity index (χ0) is 16.8. The Bertz CT molecular complexity index is 588. The number of carbonyl (C=O) groups excluding carboxylic acids is 1. The van der Waals surface area contributed by atoms with Crippen molar-refractivity contribution in [2.45, 2.75) is 25.7 Å². The van der Waals surface area contributed by atoms with Gasteiger partial charge in [0.05, 0.1) is 11.5 Å². The topological polar surface area (TPSA) is 98.7 Å². The highest BCUT2D eigenvalue weighted by Gasteiger charge is 2.21. The molecule has 1 fully saturated rings. The van der Waals surface area contributed by atoms with E-state index in [-0.39, 0.29) is 22.0 Å². The number of carbonyl (C=O) groups is 1. The molecular weight excluding hydrogens is 322 g/mol. The average molecular weight is 342 g/mol. The van der Waals surface area contributed by atoms with Crippen LogP contribution in [0.4, 0.5) is 5.69 Å². The van der Waals surface area contributed by atoms with E-state index < -0.39 is 10.8 Å². The number of primary amides is 1. The Labute approximate surface area is 139 Å². The van der Waals surface area contributed by atoms with Gasteiger partial charge in [-0.1, -0.05) is 18.0 Å². The summed E-state index contributed by atoms with van der Waals surface area (Å²) in [5.41, 5.74) is 4.81. The summed E-state index contributed by atoms with van der Waals surface area (Å²) in [5.74, 6) is -0.642. The Kier molecular flexibility index (Phi) is 6.18. The lowest BCUT2D eigenvalue weighted by Crippen LogP contribution is -2.31. The minimum Gasteiger partial charge on any atom is -0.492 e. The van der Waals surface area contributed by atoms with Crippen LogP contribution < -0.4 is 10.5 Å². The van der Waals surface area contributed by atoms with E-state index in [1.807, 2.05) is 0 Å². The second kappa shape index (κ2) is 8.12. The van der Waals surface area contributed by atoms with Crippen LogP contribution in [0.3, 0.4) is 0 Å². The first-order valence-electron chi connectivity index (χ1n) is 7.62. The fraction of sp³-hybridized carbons (Fsp3) is 0.533. The molecule has 0 radical (unpaired) electrons. The maximum atomic E-state index is 11.3. The maximum absolute atomic E-state index is 11.3. The lowest BCUT2D eigenvalue weighted by atomic mass is 10.1. The summed E-state index contributed by atoms with van der Waals surface area (Å²) in [5, 5.41) is 10.9. The molecule has 2 rings (SSSR count). The third kappa shape index (κ3) is 4.80. The molecule has 0 saturated carbocycles. The first-order chi connectivity index (χ1) is 11.0. The second-order valence-corrected chi connectivity index (χ2v) is 5.91. The number of nitro groups is 1. The number of hydrogen-bond acceptors (Lipinski definition) is 5. The number of likely N-dealkylation sites (tertiary alicyclic amines) is 1. The van der Waals surface area contributed by atoms with Crippen LogP contribution >= 0.6 is 11.6 Å². The van der Waals surface area contributed by atoms with Crippen LogP contribution in [0.5, 0.6) is 5.75 Å². The smallest absolute Gasteiger partial charge is 0.292 e. The number of hydrogen-bond donors (Lipinski definition) is 1. The number of piperidine rings is 1. The highest BCUT2D eigenvalue weighted by molar-refractivity contribution is 6.34. The molecule has 1 heterocycles. The fourth-order valence-corrected chi connectivity index (χ4v) is 2.85. The molecular formula is C15H20ClN3O4. The number of halogens is 1. The highest BCUT2D eigenvalue weighted by atomic mass is 35.5. The Morgan fingerprint density at radius 2 is 2.04 bits per heavy atom. The van der Waals surface area contributed by atoms with Crippen molar-refractivity contribution < 1.29 is 14.5 Å². The van der Waals surface area contributed by atoms with Gasteiger partial charge >= 0.3 is 0 Å². The van der Waals surface area contributed by atoms with Gasteiger partial charge in [-0.3, -0.25) is 14.9 Å². The Morgan fingerprint density at radius 1 is 1.35 bits per heavy atom. The van der Waals surface area contributed by atoms with E-state index in [0.717, 1.165) is 32.1 Å². The summed E-state index contributed by atoms with van der Waals surface area (Å²) in [6.45, 7) is 3.48. The number of benzene rings is 1. The van der Waals surface area contributed by atoms with Crippen LogP contribution in [-0.4, -0.2) is 42.0 Å². The first-order valence-corrected chi connectivity index (χ1v) is 7.99. The quantitative estimate of drug-likeness (QED) is 0.467. The van der Waals surface area contributed by atoms with Crippen LogP contribution in [-0.2, 0) is 0 Å². The number of amides is 1. The highest BCUT2D eigenvalue weighted by Crippen LogP contribution is 2.35. The van der Waals surface area contributed by atoms with E-state index in [2.05, 4.69) is 4.90 Å². The first kappa shape index (κ1) is 17.5. The van der Waals surface area contributed by atoms with Gasteiger partial charge in [-0.15, -0.1) is 0 Å². The molecule has 1 aliphatic heterocycles. The molecule has 0 bridgehead atoms. The van der Waals surface area contributed by atoms with Gasteiger partial charge in [0.25, 0.3) is 5.69 Å². The van der Waals surface area contributed by atoms with Crippen molar-refractivity contribution in [1.82, 2.24) is 4.90 Å². The van der Waals surface area contributed by atoms with Gasteiger partial charge in [0.15, 0.2) is 5.02 Å². The number of nitrogens with zero attached hydrogens (tertiary/aromatic N) is 2. The summed E-state index contributed by atoms with van der Waals surface area (Å²) in [6.07, 6.45) is 4.51. The van der Waals surface area contributed by atoms with E-state index >= 15 is 0 Å². The van der Waals surface area contributed by atoms with Crippen molar-refractivity contribution in [3.05, 3.63) is 32.8 Å². The van der Waals surface area contributed by atoms with E-state index in [4.69, 9.17) is 22.1 Å². The molecule has 8 heteroatoms. The molecule has 7 nitrogen and oxygen atoms in total. The molecule has 1 amide bonds. The molecule has 1 aromatic rings. The van der Waals surface area contributed by atoms with E-state index in [9.17, 15) is 14.9 Å². The van der Waals surface area contributed by atoms with Gasteiger partial charge in [-0.05, 0) is 38.4 Å². The molecule has 0 spiro atoms. The van der Waals surface area contributed by atoms with Crippen LogP contribution in [0, 0.1) is 10.1 Å². The standard InChI is InChI=1S/C15H20ClN3O4/c16-14-12(19(21)22)9-11(15(17)20)10-13(14)23-8-4-7-18-5-2-1-3-6-18/h9-10H,1-8H2,(H2,17,20). The van der Waals surface area contributed by atoms with Crippen molar-refractivity contribution in [2.75, 3.05) is 26.2 Å². The SMILES string of the molecule is NC(=O)c1cc(OCCCN2CCCCC2)c(Cl)c([N+](=O)[O-])c1. The minimum atomic E-state index is -0.761. The molecule has 2 N–H and O–H groups in total. The van der Waals surface area contributed by atoms with Gasteiger partial charge in [0, 0.05) is 18.2 Å². The number of nitrogens with two attached hydrogens (primary N) is 1. The van der Waals surface area contributed by atoms with Crippen molar-refractivity contribution in [2.24, 2.45) is 5.73 Å². The molecule has 0 aromatic heterocycles. The van der Waals surface area contributed by atoms with Crippen LogP contribution in [0.2, 0.25) is 5.02 Å². The van der Waals surface area contributed by atoms with Crippen LogP contribution in [0.25, 0.3) is 0 Å². The normalized spacial score (nSPS) is 15.3. The predicted octanol–water partition coefficient (Wildman–Crippen LogP) is 2.60. The third-order valence-corrected chi connectivity index (χ3v) is 4.21. The van der Waals surface area contributed by atoms with Crippen molar-refractivity contribution in [1.29, 1.82) is 0 Å². The lowest BCUT2D eigenvalue weighted by Gasteiger charge is -2.26. The minimum absolute atomic E-state index is 0.00660. The molecule has 1 aliphatic rings. The Morgan fingerprint density at radius 3 is 2.65 bits per heavy atom. The van der Waals surface area contributed by atoms with E-state index in [1.54, 1.807) is 0 Å². The molecule has 1 aromatic carbocycles. The zero-order valence-electron chi connectivity index (χ0n) is 12.8. The van der Waals surface area contributed by atoms with Gasteiger partial charge in [0.1, 0.15) is 5.75 Å². The van der Waals surface area contributed by atoms with Gasteiger partial charge in [-0.2, -0.15) is 0 Å². The van der Waals surface area contributed by atoms with Gasteiger partial charge in [0.2, 0.25) is 5.91 Å². The Balaban J connectivity index is 1.97. The summed E-state index contributed by atoms with van der Waals surface area (Å²) < 4.78 is 5.54. The van der Waals surface area contributed by atoms with Crippen molar-refractivity contribution in [3.8, 4) is 5.75 Å². The Hall–Kier alpha value is -1.86. The third-order valence-electron chi connectivity index (χ3n) is 3.83. The summed E-state index contributed by atoms with van der Waals surface area (Å²) in [7, 11) is 0. The average Bonchev–Trinajstić information content (AvgIpc) is 2.53. The second-order valence-electron chi connectivity index (χ2n) is 5.53. The molecule has 0 unspecified atom stereocenters. The molecule has 126 valence electrons. The lowest BCUT2D eigenvalue weighted by molar-refractivity contribution is -0.384. The summed E-state index contributed by atoms with van der Waals surface area (Å²) >= 11 is 5.98. The zero-order valence-corrected chi connectivity index (χ0v) is 13.6. The maximum Gasteiger partial charge on any atom is 0.292 e. The van der Waals surface area contributed by atoms with Crippen LogP contribution in [0.1, 0.15) is 36.0 Å². The van der Waals surface area contributed by atoms with Crippen LogP contribution in [0.15, 0.2) is 12.1 Å². The van der Waals surface area contributed by atoms with Gasteiger partial charge < -0.3 is 15.4 Å². The molecule has 0 aliphatic carbocycles. The number of nitro benzene ring substituents is 1. The number of ether oxygens (including phenoxy) is 1. The van der Waals surface area contributed by atoms with Gasteiger partial charge in [-0.25, -0.2) is 0 Å². The van der Waals surface area contributed by atoms with Crippen molar-refractivity contribution in [3.63, 3.8) is 0 Å². The molecule has 0 atom stereocenters. The summed E-state index contributed by atoms with van der Waals surface area (Å²) in [6, 6.07) is 2.41. The monoisotopic (exact) mass is 341 g/mol. The molecule has 23 heavy (non-hydrogen) atoms. The summed E-state index contributed by atoms with van der Waals surface area (Å²) in [4.78, 5) is 24.0. The number of rotatable bonds is 7. The predicted molar refractivity (Wildman–Crippen MR) is 87.0 cm³/mol. The van der Waals surface area contributed by atoms with E-state index in [1.165, 1.54) is 25.3 Å². The molecule has 1 saturated heterocycles. The van der Waals surface area contributed by atoms with Crippen molar-refractivity contribution >= 4 is 23.2 Å².